The number of ether oxygens (including phenoxy) is 1. The Balaban J connectivity index is 1.67. The molecule has 1 N–H and O–H groups in total. The molecule has 0 fully saturated rings. The van der Waals surface area contributed by atoms with E-state index in [0.717, 1.165) is 18.6 Å². The second-order valence-electron chi connectivity index (χ2n) is 9.49. The first kappa shape index (κ1) is 22.4. The Bertz CT molecular complexity index is 848. The van der Waals surface area contributed by atoms with Crippen molar-refractivity contribution in [2.75, 3.05) is 0 Å². The van der Waals surface area contributed by atoms with Crippen molar-refractivity contribution < 1.29 is 9.53 Å². The van der Waals surface area contributed by atoms with E-state index in [1.54, 1.807) is 0 Å². The van der Waals surface area contributed by atoms with Crippen molar-refractivity contribution in [3.63, 3.8) is 0 Å². The molecule has 162 valence electrons. The summed E-state index contributed by atoms with van der Waals surface area (Å²) in [6.07, 6.45) is 5.88. The maximum atomic E-state index is 13.0. The van der Waals surface area contributed by atoms with Gasteiger partial charge in [-0.15, -0.1) is 0 Å². The van der Waals surface area contributed by atoms with Gasteiger partial charge in [0.1, 0.15) is 5.75 Å². The zero-order chi connectivity index (χ0) is 21.7. The fourth-order valence-electron chi connectivity index (χ4n) is 4.18. The van der Waals surface area contributed by atoms with Gasteiger partial charge in [0.05, 0.1) is 6.04 Å². The molecule has 3 nitrogen and oxygen atoms in total. The molecule has 2 aromatic rings. The Morgan fingerprint density at radius 2 is 1.63 bits per heavy atom. The van der Waals surface area contributed by atoms with Crippen LogP contribution in [0.4, 0.5) is 0 Å². The molecule has 0 heterocycles. The molecule has 0 bridgehead atoms. The monoisotopic (exact) mass is 407 g/mol. The largest absolute Gasteiger partial charge is 0.481 e. The van der Waals surface area contributed by atoms with Gasteiger partial charge >= 0.3 is 0 Å². The quantitative estimate of drug-likeness (QED) is 0.586. The highest BCUT2D eigenvalue weighted by Crippen LogP contribution is 2.27. The number of hydrogen-bond donors (Lipinski definition) is 1. The standard InChI is InChI=1S/C27H37NO2/c1-6-24(21-13-12-19-10-8-9-11-20(19)18-21)28-26(29)25(7-2)30-23-16-14-22(15-17-23)27(3,4)5/h12-18,24-25H,6-11H2,1-5H3,(H,28,29)/t24-,25+/m1/s1. The van der Waals surface area contributed by atoms with Crippen molar-refractivity contribution in [2.24, 2.45) is 0 Å². The van der Waals surface area contributed by atoms with Crippen LogP contribution >= 0.6 is 0 Å². The lowest BCUT2D eigenvalue weighted by atomic mass is 9.87. The number of aryl methyl sites for hydroxylation is 2. The van der Waals surface area contributed by atoms with Gasteiger partial charge in [-0.2, -0.15) is 0 Å². The molecule has 1 amide bonds. The highest BCUT2D eigenvalue weighted by Gasteiger charge is 2.23. The van der Waals surface area contributed by atoms with Crippen LogP contribution in [0.15, 0.2) is 42.5 Å². The zero-order valence-electron chi connectivity index (χ0n) is 19.3. The average molecular weight is 408 g/mol. The van der Waals surface area contributed by atoms with Crippen molar-refractivity contribution in [3.8, 4) is 5.75 Å². The minimum atomic E-state index is -0.489. The second kappa shape index (κ2) is 9.68. The Morgan fingerprint density at radius 3 is 2.23 bits per heavy atom. The Morgan fingerprint density at radius 1 is 0.967 bits per heavy atom. The molecule has 3 heteroatoms. The van der Waals surface area contributed by atoms with Gasteiger partial charge in [0.25, 0.3) is 5.91 Å². The van der Waals surface area contributed by atoms with Crippen LogP contribution in [0.5, 0.6) is 5.75 Å². The molecular weight excluding hydrogens is 370 g/mol. The maximum Gasteiger partial charge on any atom is 0.261 e. The summed E-state index contributed by atoms with van der Waals surface area (Å²) in [6.45, 7) is 10.7. The SMILES string of the molecule is CC[C@H](Oc1ccc(C(C)(C)C)cc1)C(=O)N[C@H](CC)c1ccc2c(c1)CCCC2. The van der Waals surface area contributed by atoms with Crippen molar-refractivity contribution in [1.82, 2.24) is 5.32 Å². The molecule has 2 atom stereocenters. The molecule has 2 aromatic carbocycles. The molecule has 0 saturated carbocycles. The third kappa shape index (κ3) is 5.44. The molecule has 3 rings (SSSR count). The Kier molecular flexibility index (Phi) is 7.23. The molecule has 1 aliphatic carbocycles. The van der Waals surface area contributed by atoms with Gasteiger partial charge in [-0.25, -0.2) is 0 Å². The highest BCUT2D eigenvalue weighted by molar-refractivity contribution is 5.81. The molecule has 0 aromatic heterocycles. The Labute approximate surface area is 182 Å². The van der Waals surface area contributed by atoms with Gasteiger partial charge in [-0.1, -0.05) is 65.0 Å². The molecule has 0 unspecified atom stereocenters. The topological polar surface area (TPSA) is 38.3 Å². The predicted molar refractivity (Wildman–Crippen MR) is 124 cm³/mol. The first-order valence-electron chi connectivity index (χ1n) is 11.5. The van der Waals surface area contributed by atoms with Crippen LogP contribution in [0, 0.1) is 0 Å². The van der Waals surface area contributed by atoms with Gasteiger partial charge in [0.2, 0.25) is 0 Å². The van der Waals surface area contributed by atoms with E-state index in [4.69, 9.17) is 4.74 Å². The van der Waals surface area contributed by atoms with E-state index in [9.17, 15) is 4.79 Å². The van der Waals surface area contributed by atoms with Crippen LogP contribution in [-0.2, 0) is 23.1 Å². The first-order chi connectivity index (χ1) is 14.3. The van der Waals surface area contributed by atoms with Gasteiger partial charge < -0.3 is 10.1 Å². The lowest BCUT2D eigenvalue weighted by Gasteiger charge is -2.24. The van der Waals surface area contributed by atoms with Crippen molar-refractivity contribution in [2.45, 2.75) is 90.7 Å². The van der Waals surface area contributed by atoms with Crippen molar-refractivity contribution >= 4 is 5.91 Å². The number of carbonyl (C=O) groups excluding carboxylic acids is 1. The average Bonchev–Trinajstić information content (AvgIpc) is 2.75. The molecular formula is C27H37NO2. The first-order valence-corrected chi connectivity index (χ1v) is 11.5. The summed E-state index contributed by atoms with van der Waals surface area (Å²) in [4.78, 5) is 13.0. The fraction of sp³-hybridized carbons (Fsp3) is 0.519. The normalized spacial score (nSPS) is 15.8. The number of amides is 1. The van der Waals surface area contributed by atoms with E-state index in [0.29, 0.717) is 6.42 Å². The van der Waals surface area contributed by atoms with E-state index >= 15 is 0 Å². The molecule has 0 spiro atoms. The van der Waals surface area contributed by atoms with Crippen LogP contribution < -0.4 is 10.1 Å². The van der Waals surface area contributed by atoms with Crippen LogP contribution in [0.2, 0.25) is 0 Å². The summed E-state index contributed by atoms with van der Waals surface area (Å²) in [5, 5.41) is 3.23. The third-order valence-corrected chi connectivity index (χ3v) is 6.16. The summed E-state index contributed by atoms with van der Waals surface area (Å²) in [7, 11) is 0. The molecule has 30 heavy (non-hydrogen) atoms. The van der Waals surface area contributed by atoms with E-state index < -0.39 is 6.10 Å². The summed E-state index contributed by atoms with van der Waals surface area (Å²) in [6, 6.07) is 14.9. The second-order valence-corrected chi connectivity index (χ2v) is 9.49. The van der Waals surface area contributed by atoms with Crippen LogP contribution in [0.1, 0.15) is 88.6 Å². The van der Waals surface area contributed by atoms with Gasteiger partial charge in [0.15, 0.2) is 6.10 Å². The van der Waals surface area contributed by atoms with Crippen LogP contribution in [0.3, 0.4) is 0 Å². The lowest BCUT2D eigenvalue weighted by Crippen LogP contribution is -2.40. The maximum absolute atomic E-state index is 13.0. The fourth-order valence-corrected chi connectivity index (χ4v) is 4.18. The van der Waals surface area contributed by atoms with Gasteiger partial charge in [-0.3, -0.25) is 4.79 Å². The predicted octanol–water partition coefficient (Wildman–Crippen LogP) is 6.29. The molecule has 0 saturated heterocycles. The highest BCUT2D eigenvalue weighted by atomic mass is 16.5. The summed E-state index contributed by atoms with van der Waals surface area (Å²) < 4.78 is 6.05. The van der Waals surface area contributed by atoms with E-state index in [2.05, 4.69) is 63.3 Å². The summed E-state index contributed by atoms with van der Waals surface area (Å²) >= 11 is 0. The number of nitrogens with one attached hydrogen (secondary N) is 1. The molecule has 0 aliphatic heterocycles. The Hall–Kier alpha value is -2.29. The number of carbonyl (C=O) groups is 1. The van der Waals surface area contributed by atoms with Crippen molar-refractivity contribution in [1.29, 1.82) is 0 Å². The minimum absolute atomic E-state index is 0.0191. The van der Waals surface area contributed by atoms with Crippen molar-refractivity contribution in [3.05, 3.63) is 64.7 Å². The third-order valence-electron chi connectivity index (χ3n) is 6.16. The van der Waals surface area contributed by atoms with Gasteiger partial charge in [0, 0.05) is 0 Å². The number of hydrogen-bond acceptors (Lipinski definition) is 2. The lowest BCUT2D eigenvalue weighted by molar-refractivity contribution is -0.128. The summed E-state index contributed by atoms with van der Waals surface area (Å²) in [5.41, 5.74) is 5.48. The molecule has 0 radical (unpaired) electrons. The number of fused-ring (bicyclic) bond motifs is 1. The number of rotatable bonds is 7. The van der Waals surface area contributed by atoms with E-state index in [1.165, 1.54) is 41.5 Å². The summed E-state index contributed by atoms with van der Waals surface area (Å²) in [5.74, 6) is 0.703. The number of benzene rings is 2. The van der Waals surface area contributed by atoms with Crippen LogP contribution in [0.25, 0.3) is 0 Å². The zero-order valence-corrected chi connectivity index (χ0v) is 19.3. The smallest absolute Gasteiger partial charge is 0.261 e. The van der Waals surface area contributed by atoms with Gasteiger partial charge in [-0.05, 0) is 78.3 Å². The van der Waals surface area contributed by atoms with E-state index in [1.807, 2.05) is 19.1 Å². The van der Waals surface area contributed by atoms with Crippen LogP contribution in [-0.4, -0.2) is 12.0 Å². The van der Waals surface area contributed by atoms with E-state index in [-0.39, 0.29) is 17.4 Å². The molecule has 1 aliphatic rings. The minimum Gasteiger partial charge on any atom is -0.481 e.